The molecule has 0 atom stereocenters. The van der Waals surface area contributed by atoms with Crippen molar-refractivity contribution < 1.29 is 4.42 Å². The van der Waals surface area contributed by atoms with E-state index in [4.69, 9.17) is 21.9 Å². The standard InChI is InChI=1S/C18H15ClN6OS/c1-11-2-4-12(5-3-11)16-22-24-18(25(16)20)27-10-15-21-23-17(26-15)13-6-8-14(19)9-7-13/h2-9H,10,20H2,1H3. The second-order valence-corrected chi connectivity index (χ2v) is 7.22. The second kappa shape index (κ2) is 7.42. The number of thioether (sulfide) groups is 1. The molecule has 0 aliphatic rings. The van der Waals surface area contributed by atoms with Gasteiger partial charge in [-0.15, -0.1) is 20.4 Å². The topological polar surface area (TPSA) is 95.6 Å². The van der Waals surface area contributed by atoms with E-state index in [1.807, 2.05) is 43.3 Å². The predicted molar refractivity (Wildman–Crippen MR) is 105 cm³/mol. The molecule has 2 aromatic carbocycles. The van der Waals surface area contributed by atoms with Crippen LogP contribution >= 0.6 is 23.4 Å². The molecule has 0 saturated carbocycles. The van der Waals surface area contributed by atoms with E-state index < -0.39 is 0 Å². The number of rotatable bonds is 5. The van der Waals surface area contributed by atoms with Gasteiger partial charge in [0, 0.05) is 16.1 Å². The van der Waals surface area contributed by atoms with Crippen molar-refractivity contribution in [3.8, 4) is 22.8 Å². The molecule has 0 aliphatic heterocycles. The number of hydrogen-bond donors (Lipinski definition) is 1. The molecule has 136 valence electrons. The van der Waals surface area contributed by atoms with Crippen LogP contribution in [0.25, 0.3) is 22.8 Å². The molecule has 4 aromatic rings. The Morgan fingerprint density at radius 1 is 0.963 bits per heavy atom. The van der Waals surface area contributed by atoms with Crippen LogP contribution in [-0.2, 0) is 5.75 Å². The first-order valence-electron chi connectivity index (χ1n) is 8.09. The van der Waals surface area contributed by atoms with Crippen LogP contribution < -0.4 is 5.84 Å². The highest BCUT2D eigenvalue weighted by Gasteiger charge is 2.14. The van der Waals surface area contributed by atoms with E-state index in [1.54, 1.807) is 12.1 Å². The van der Waals surface area contributed by atoms with Gasteiger partial charge in [-0.25, -0.2) is 4.68 Å². The zero-order valence-electron chi connectivity index (χ0n) is 14.3. The number of nitrogens with zero attached hydrogens (tertiary/aromatic N) is 5. The average Bonchev–Trinajstić information content (AvgIpc) is 3.28. The number of halogens is 1. The summed E-state index contributed by atoms with van der Waals surface area (Å²) in [5.74, 6) is 8.09. The third-order valence-electron chi connectivity index (χ3n) is 3.86. The summed E-state index contributed by atoms with van der Waals surface area (Å²) in [7, 11) is 0. The Kier molecular flexibility index (Phi) is 4.83. The molecule has 0 aliphatic carbocycles. The van der Waals surface area contributed by atoms with Gasteiger partial charge in [-0.1, -0.05) is 53.2 Å². The highest BCUT2D eigenvalue weighted by molar-refractivity contribution is 7.98. The van der Waals surface area contributed by atoms with E-state index in [9.17, 15) is 0 Å². The van der Waals surface area contributed by atoms with Crippen LogP contribution in [0.15, 0.2) is 58.1 Å². The van der Waals surface area contributed by atoms with Gasteiger partial charge in [-0.2, -0.15) is 0 Å². The van der Waals surface area contributed by atoms with Gasteiger partial charge in [0.1, 0.15) is 0 Å². The molecule has 2 N–H and O–H groups in total. The Labute approximate surface area is 164 Å². The van der Waals surface area contributed by atoms with E-state index in [1.165, 1.54) is 22.0 Å². The van der Waals surface area contributed by atoms with Crippen LogP contribution in [0.4, 0.5) is 0 Å². The van der Waals surface area contributed by atoms with Crippen molar-refractivity contribution in [3.63, 3.8) is 0 Å². The van der Waals surface area contributed by atoms with Gasteiger partial charge in [0.05, 0.1) is 5.75 Å². The number of hydrogen-bond acceptors (Lipinski definition) is 7. The van der Waals surface area contributed by atoms with Crippen LogP contribution in [-0.4, -0.2) is 25.1 Å². The fourth-order valence-corrected chi connectivity index (χ4v) is 3.24. The van der Waals surface area contributed by atoms with Gasteiger partial charge in [0.25, 0.3) is 0 Å². The van der Waals surface area contributed by atoms with E-state index in [0.717, 1.165) is 11.1 Å². The molecule has 27 heavy (non-hydrogen) atoms. The Morgan fingerprint density at radius 2 is 1.67 bits per heavy atom. The first-order valence-corrected chi connectivity index (χ1v) is 9.45. The lowest BCUT2D eigenvalue weighted by molar-refractivity contribution is 0.528. The minimum atomic E-state index is 0.434. The summed E-state index contributed by atoms with van der Waals surface area (Å²) in [6.45, 7) is 2.03. The molecule has 2 heterocycles. The molecule has 0 radical (unpaired) electrons. The zero-order chi connectivity index (χ0) is 18.8. The Balaban J connectivity index is 1.46. The lowest BCUT2D eigenvalue weighted by Crippen LogP contribution is -2.11. The van der Waals surface area contributed by atoms with E-state index in [0.29, 0.717) is 33.5 Å². The van der Waals surface area contributed by atoms with Crippen LogP contribution in [0, 0.1) is 6.92 Å². The van der Waals surface area contributed by atoms with Gasteiger partial charge < -0.3 is 10.3 Å². The number of aryl methyl sites for hydroxylation is 1. The van der Waals surface area contributed by atoms with Crippen molar-refractivity contribution >= 4 is 23.4 Å². The molecule has 7 nitrogen and oxygen atoms in total. The molecular weight excluding hydrogens is 384 g/mol. The van der Waals surface area contributed by atoms with Gasteiger partial charge in [0.15, 0.2) is 5.82 Å². The highest BCUT2D eigenvalue weighted by Crippen LogP contribution is 2.26. The summed E-state index contributed by atoms with van der Waals surface area (Å²) in [5, 5.41) is 17.7. The fraction of sp³-hybridized carbons (Fsp3) is 0.111. The van der Waals surface area contributed by atoms with E-state index >= 15 is 0 Å². The Morgan fingerprint density at radius 3 is 2.41 bits per heavy atom. The van der Waals surface area contributed by atoms with Crippen molar-refractivity contribution in [2.75, 3.05) is 5.84 Å². The minimum Gasteiger partial charge on any atom is -0.420 e. The molecule has 0 saturated heterocycles. The van der Waals surface area contributed by atoms with E-state index in [2.05, 4.69) is 20.4 Å². The van der Waals surface area contributed by atoms with Crippen LogP contribution in [0.5, 0.6) is 0 Å². The Hall–Kier alpha value is -2.84. The molecule has 0 unspecified atom stereocenters. The summed E-state index contributed by atoms with van der Waals surface area (Å²) >= 11 is 7.27. The normalized spacial score (nSPS) is 11.0. The SMILES string of the molecule is Cc1ccc(-c2nnc(SCc3nnc(-c4ccc(Cl)cc4)o3)n2N)cc1. The molecule has 9 heteroatoms. The smallest absolute Gasteiger partial charge is 0.247 e. The summed E-state index contributed by atoms with van der Waals surface area (Å²) in [5.41, 5.74) is 2.89. The van der Waals surface area contributed by atoms with Crippen molar-refractivity contribution in [2.45, 2.75) is 17.8 Å². The number of nitrogen functional groups attached to an aromatic ring is 1. The largest absolute Gasteiger partial charge is 0.420 e. The first-order chi connectivity index (χ1) is 13.1. The number of nitrogens with two attached hydrogens (primary N) is 1. The summed E-state index contributed by atoms with van der Waals surface area (Å²) in [4.78, 5) is 0. The lowest BCUT2D eigenvalue weighted by atomic mass is 10.1. The fourth-order valence-electron chi connectivity index (χ4n) is 2.42. The third kappa shape index (κ3) is 3.81. The van der Waals surface area contributed by atoms with Crippen LogP contribution in [0.2, 0.25) is 5.02 Å². The molecule has 0 amide bonds. The van der Waals surface area contributed by atoms with Gasteiger partial charge >= 0.3 is 0 Å². The Bertz CT molecular complexity index is 1060. The lowest BCUT2D eigenvalue weighted by Gasteiger charge is -2.03. The van der Waals surface area contributed by atoms with Crippen molar-refractivity contribution in [2.24, 2.45) is 0 Å². The molecular formula is C18H15ClN6OS. The molecule has 2 aromatic heterocycles. The van der Waals surface area contributed by atoms with Gasteiger partial charge in [-0.3, -0.25) is 0 Å². The molecule has 0 spiro atoms. The summed E-state index contributed by atoms with van der Waals surface area (Å²) in [6.07, 6.45) is 0. The maximum atomic E-state index is 6.14. The van der Waals surface area contributed by atoms with Crippen molar-refractivity contribution in [3.05, 3.63) is 65.0 Å². The van der Waals surface area contributed by atoms with E-state index in [-0.39, 0.29) is 0 Å². The first kappa shape index (κ1) is 17.6. The monoisotopic (exact) mass is 398 g/mol. The van der Waals surface area contributed by atoms with Gasteiger partial charge in [0.2, 0.25) is 16.9 Å². The maximum Gasteiger partial charge on any atom is 0.247 e. The second-order valence-electron chi connectivity index (χ2n) is 5.84. The van der Waals surface area contributed by atoms with Crippen molar-refractivity contribution in [1.29, 1.82) is 0 Å². The molecule has 4 rings (SSSR count). The number of benzene rings is 2. The third-order valence-corrected chi connectivity index (χ3v) is 5.04. The minimum absolute atomic E-state index is 0.434. The predicted octanol–water partition coefficient (Wildman–Crippen LogP) is 3.96. The van der Waals surface area contributed by atoms with Crippen LogP contribution in [0.3, 0.4) is 0 Å². The average molecular weight is 399 g/mol. The molecule has 0 fully saturated rings. The molecule has 0 bridgehead atoms. The zero-order valence-corrected chi connectivity index (χ0v) is 15.9. The quantitative estimate of drug-likeness (QED) is 0.401. The summed E-state index contributed by atoms with van der Waals surface area (Å²) in [6, 6.07) is 15.2. The highest BCUT2D eigenvalue weighted by atomic mass is 35.5. The van der Waals surface area contributed by atoms with Crippen LogP contribution in [0.1, 0.15) is 11.5 Å². The maximum absolute atomic E-state index is 6.14. The van der Waals surface area contributed by atoms with Gasteiger partial charge in [-0.05, 0) is 31.2 Å². The summed E-state index contributed by atoms with van der Waals surface area (Å²) < 4.78 is 7.16. The number of aromatic nitrogens is 5. The van der Waals surface area contributed by atoms with Crippen molar-refractivity contribution in [1.82, 2.24) is 25.1 Å².